The Morgan fingerprint density at radius 1 is 1.10 bits per heavy atom. The SMILES string of the molecule is C[Si](C)(C)C#Cc1cc(F)cc(-c2cccnc2F)c1. The fraction of sp³-hybridized carbons (Fsp3) is 0.188. The van der Waals surface area contributed by atoms with E-state index in [0.717, 1.165) is 0 Å². The molecule has 2 rings (SSSR count). The van der Waals surface area contributed by atoms with Crippen LogP contribution in [0.15, 0.2) is 36.5 Å². The van der Waals surface area contributed by atoms with Gasteiger partial charge in [-0.15, -0.1) is 5.54 Å². The van der Waals surface area contributed by atoms with Gasteiger partial charge >= 0.3 is 0 Å². The van der Waals surface area contributed by atoms with Crippen molar-refractivity contribution in [1.29, 1.82) is 0 Å². The molecule has 0 radical (unpaired) electrons. The number of halogens is 2. The van der Waals surface area contributed by atoms with E-state index in [9.17, 15) is 8.78 Å². The summed E-state index contributed by atoms with van der Waals surface area (Å²) in [6.07, 6.45) is 1.37. The first-order valence-electron chi connectivity index (χ1n) is 6.30. The van der Waals surface area contributed by atoms with Gasteiger partial charge in [0.05, 0.1) is 0 Å². The molecule has 0 saturated heterocycles. The Balaban J connectivity index is 2.49. The molecule has 0 spiro atoms. The maximum absolute atomic E-state index is 13.7. The molecule has 0 aliphatic heterocycles. The summed E-state index contributed by atoms with van der Waals surface area (Å²) in [7, 11) is -1.53. The molecule has 1 nitrogen and oxygen atoms in total. The molecule has 0 unspecified atom stereocenters. The Morgan fingerprint density at radius 3 is 2.50 bits per heavy atom. The quantitative estimate of drug-likeness (QED) is 0.434. The van der Waals surface area contributed by atoms with Gasteiger partial charge in [0.1, 0.15) is 13.9 Å². The smallest absolute Gasteiger partial charge is 0.220 e. The van der Waals surface area contributed by atoms with Crippen LogP contribution >= 0.6 is 0 Å². The molecule has 0 fully saturated rings. The Hall–Kier alpha value is -1.99. The second kappa shape index (κ2) is 5.56. The minimum Gasteiger partial charge on any atom is -0.228 e. The molecule has 4 heteroatoms. The average molecular weight is 287 g/mol. The number of pyridine rings is 1. The number of rotatable bonds is 1. The lowest BCUT2D eigenvalue weighted by atomic mass is 10.0. The maximum atomic E-state index is 13.7. The average Bonchev–Trinajstić information content (AvgIpc) is 2.35. The van der Waals surface area contributed by atoms with Gasteiger partial charge in [0.25, 0.3) is 0 Å². The standard InChI is InChI=1S/C16H15F2NSi/c1-20(2,3)8-6-12-9-13(11-14(17)10-12)15-5-4-7-19-16(15)18/h4-5,7,9-11H,1-3H3. The Kier molecular flexibility index (Phi) is 4.00. The highest BCUT2D eigenvalue weighted by molar-refractivity contribution is 6.83. The summed E-state index contributed by atoms with van der Waals surface area (Å²) < 4.78 is 27.3. The molecule has 0 amide bonds. The zero-order chi connectivity index (χ0) is 14.8. The zero-order valence-corrected chi connectivity index (χ0v) is 12.7. The van der Waals surface area contributed by atoms with Gasteiger partial charge in [0.15, 0.2) is 0 Å². The van der Waals surface area contributed by atoms with Crippen molar-refractivity contribution in [2.75, 3.05) is 0 Å². The topological polar surface area (TPSA) is 12.9 Å². The number of nitrogens with zero attached hydrogens (tertiary/aromatic N) is 1. The van der Waals surface area contributed by atoms with E-state index in [-0.39, 0.29) is 5.56 Å². The lowest BCUT2D eigenvalue weighted by molar-refractivity contribution is 0.587. The fourth-order valence-corrected chi connectivity index (χ4v) is 2.20. The van der Waals surface area contributed by atoms with Crippen LogP contribution in [0.4, 0.5) is 8.78 Å². The van der Waals surface area contributed by atoms with Gasteiger partial charge in [-0.05, 0) is 35.9 Å². The van der Waals surface area contributed by atoms with Crippen LogP contribution in [0.2, 0.25) is 19.6 Å². The number of aromatic nitrogens is 1. The first-order valence-corrected chi connectivity index (χ1v) is 9.80. The molecule has 0 saturated carbocycles. The largest absolute Gasteiger partial charge is 0.228 e. The normalized spacial score (nSPS) is 10.8. The van der Waals surface area contributed by atoms with Crippen molar-refractivity contribution in [3.63, 3.8) is 0 Å². The molecule has 0 atom stereocenters. The third kappa shape index (κ3) is 3.75. The molecule has 1 aromatic carbocycles. The third-order valence-electron chi connectivity index (χ3n) is 2.55. The number of hydrogen-bond acceptors (Lipinski definition) is 1. The Bertz CT molecular complexity index is 694. The van der Waals surface area contributed by atoms with Crippen molar-refractivity contribution in [3.05, 3.63) is 53.9 Å². The molecule has 20 heavy (non-hydrogen) atoms. The molecule has 0 bridgehead atoms. The minimum absolute atomic E-state index is 0.281. The highest BCUT2D eigenvalue weighted by atomic mass is 28.3. The van der Waals surface area contributed by atoms with Crippen LogP contribution in [0.5, 0.6) is 0 Å². The summed E-state index contributed by atoms with van der Waals surface area (Å²) in [6, 6.07) is 7.55. The van der Waals surface area contributed by atoms with Gasteiger partial charge in [-0.3, -0.25) is 0 Å². The van der Waals surface area contributed by atoms with E-state index in [2.05, 4.69) is 36.1 Å². The maximum Gasteiger partial charge on any atom is 0.220 e. The van der Waals surface area contributed by atoms with Crippen molar-refractivity contribution in [2.45, 2.75) is 19.6 Å². The highest BCUT2D eigenvalue weighted by Crippen LogP contribution is 2.23. The van der Waals surface area contributed by atoms with E-state index >= 15 is 0 Å². The molecule has 1 aromatic heterocycles. The van der Waals surface area contributed by atoms with Gasteiger partial charge in [-0.2, -0.15) is 4.39 Å². The van der Waals surface area contributed by atoms with Crippen LogP contribution in [0.3, 0.4) is 0 Å². The molecule has 102 valence electrons. The second-order valence-electron chi connectivity index (χ2n) is 5.57. The summed E-state index contributed by atoms with van der Waals surface area (Å²) in [4.78, 5) is 3.58. The van der Waals surface area contributed by atoms with Crippen molar-refractivity contribution in [1.82, 2.24) is 4.98 Å². The molecule has 2 aromatic rings. The van der Waals surface area contributed by atoms with Crippen LogP contribution in [0.1, 0.15) is 5.56 Å². The lowest BCUT2D eigenvalue weighted by Gasteiger charge is -2.05. The van der Waals surface area contributed by atoms with Gasteiger partial charge in [-0.25, -0.2) is 9.37 Å². The molecular formula is C16H15F2NSi. The Morgan fingerprint density at radius 2 is 1.85 bits per heavy atom. The predicted molar refractivity (Wildman–Crippen MR) is 79.8 cm³/mol. The minimum atomic E-state index is -1.53. The monoisotopic (exact) mass is 287 g/mol. The predicted octanol–water partition coefficient (Wildman–Crippen LogP) is 4.26. The Labute approximate surface area is 118 Å². The van der Waals surface area contributed by atoms with Gasteiger partial charge in [0.2, 0.25) is 5.95 Å². The van der Waals surface area contributed by atoms with E-state index in [1.54, 1.807) is 18.2 Å². The van der Waals surface area contributed by atoms with Crippen LogP contribution < -0.4 is 0 Å². The van der Waals surface area contributed by atoms with Crippen molar-refractivity contribution < 1.29 is 8.78 Å². The third-order valence-corrected chi connectivity index (χ3v) is 3.42. The number of benzene rings is 1. The zero-order valence-electron chi connectivity index (χ0n) is 11.7. The summed E-state index contributed by atoms with van der Waals surface area (Å²) in [5, 5.41) is 0. The van der Waals surface area contributed by atoms with Crippen LogP contribution in [0.25, 0.3) is 11.1 Å². The van der Waals surface area contributed by atoms with Crippen molar-refractivity contribution in [2.24, 2.45) is 0 Å². The van der Waals surface area contributed by atoms with E-state index in [1.165, 1.54) is 18.3 Å². The molecule has 0 aliphatic carbocycles. The summed E-state index contributed by atoms with van der Waals surface area (Å²) in [5.41, 5.74) is 4.47. The molecular weight excluding hydrogens is 272 g/mol. The van der Waals surface area contributed by atoms with Gasteiger partial charge < -0.3 is 0 Å². The fourth-order valence-electron chi connectivity index (χ4n) is 1.68. The van der Waals surface area contributed by atoms with Crippen molar-refractivity contribution >= 4 is 8.07 Å². The first kappa shape index (κ1) is 14.4. The molecule has 0 aliphatic rings. The van der Waals surface area contributed by atoms with Gasteiger partial charge in [-0.1, -0.05) is 25.6 Å². The lowest BCUT2D eigenvalue weighted by Crippen LogP contribution is -2.16. The highest BCUT2D eigenvalue weighted by Gasteiger charge is 2.10. The van der Waals surface area contributed by atoms with E-state index in [1.807, 2.05) is 0 Å². The van der Waals surface area contributed by atoms with Crippen LogP contribution in [-0.2, 0) is 0 Å². The molecule has 0 N–H and O–H groups in total. The first-order chi connectivity index (χ1) is 9.35. The van der Waals surface area contributed by atoms with Gasteiger partial charge in [0, 0.05) is 17.3 Å². The van der Waals surface area contributed by atoms with E-state index < -0.39 is 19.8 Å². The summed E-state index contributed by atoms with van der Waals surface area (Å²) in [6.45, 7) is 6.34. The summed E-state index contributed by atoms with van der Waals surface area (Å²) >= 11 is 0. The van der Waals surface area contributed by atoms with Crippen molar-refractivity contribution in [3.8, 4) is 22.6 Å². The summed E-state index contributed by atoms with van der Waals surface area (Å²) in [5.74, 6) is 1.95. The second-order valence-corrected chi connectivity index (χ2v) is 10.3. The van der Waals surface area contributed by atoms with Crippen LogP contribution in [0, 0.1) is 23.2 Å². The number of hydrogen-bond donors (Lipinski definition) is 0. The molecule has 1 heterocycles. The van der Waals surface area contributed by atoms with E-state index in [0.29, 0.717) is 11.1 Å². The van der Waals surface area contributed by atoms with Crippen LogP contribution in [-0.4, -0.2) is 13.1 Å². The van der Waals surface area contributed by atoms with E-state index in [4.69, 9.17) is 0 Å².